The first-order chi connectivity index (χ1) is 8.11. The Morgan fingerprint density at radius 1 is 1.18 bits per heavy atom. The molecule has 3 heteroatoms. The smallest absolute Gasteiger partial charge is 0.126 e. The highest BCUT2D eigenvalue weighted by Gasteiger charge is 2.24. The minimum absolute atomic E-state index is 0.398. The largest absolute Gasteiger partial charge is 0.207 e. The molecule has 0 unspecified atom stereocenters. The molecule has 0 aliphatic heterocycles. The average molecular weight is 239 g/mol. The molecular formula is C14H19F2N. The van der Waals surface area contributed by atoms with Crippen molar-refractivity contribution in [3.63, 3.8) is 0 Å². The molecule has 0 spiro atoms. The predicted octanol–water partition coefficient (Wildman–Crippen LogP) is 4.55. The molecule has 1 aromatic carbocycles. The molecule has 0 saturated heterocycles. The molecule has 2 rings (SSSR count). The molecule has 0 aromatic heterocycles. The van der Waals surface area contributed by atoms with Crippen molar-refractivity contribution in [2.45, 2.75) is 33.6 Å². The second-order valence-corrected chi connectivity index (χ2v) is 3.84. The third-order valence-electron chi connectivity index (χ3n) is 2.34. The highest BCUT2D eigenvalue weighted by molar-refractivity contribution is 5.04. The zero-order valence-corrected chi connectivity index (χ0v) is 10.6. The van der Waals surface area contributed by atoms with Gasteiger partial charge in [-0.2, -0.15) is 5.26 Å². The molecule has 0 amide bonds. The van der Waals surface area contributed by atoms with E-state index in [1.54, 1.807) is 0 Å². The van der Waals surface area contributed by atoms with Crippen molar-refractivity contribution in [2.24, 2.45) is 11.8 Å². The molecular weight excluding hydrogens is 220 g/mol. The number of halogens is 2. The van der Waals surface area contributed by atoms with E-state index in [1.807, 2.05) is 13.8 Å². The molecule has 1 nitrogen and oxygen atoms in total. The van der Waals surface area contributed by atoms with Gasteiger partial charge < -0.3 is 0 Å². The van der Waals surface area contributed by atoms with Gasteiger partial charge in [0.25, 0.3) is 0 Å². The SMILES string of the molecule is CC.CC1CC(C#N)C1.Fc1cccc(F)c1. The Morgan fingerprint density at radius 2 is 1.65 bits per heavy atom. The fourth-order valence-corrected chi connectivity index (χ4v) is 1.47. The predicted molar refractivity (Wildman–Crippen MR) is 65.2 cm³/mol. The van der Waals surface area contributed by atoms with Crippen molar-refractivity contribution < 1.29 is 8.78 Å². The lowest BCUT2D eigenvalue weighted by molar-refractivity contribution is 0.270. The van der Waals surface area contributed by atoms with Crippen LogP contribution < -0.4 is 0 Å². The number of nitrogens with zero attached hydrogens (tertiary/aromatic N) is 1. The summed E-state index contributed by atoms with van der Waals surface area (Å²) in [7, 11) is 0. The first-order valence-electron chi connectivity index (χ1n) is 5.92. The van der Waals surface area contributed by atoms with E-state index in [0.29, 0.717) is 5.92 Å². The van der Waals surface area contributed by atoms with Gasteiger partial charge in [-0.05, 0) is 30.9 Å². The standard InChI is InChI=1S/C6H4F2.C6H9N.C2H6/c7-5-2-1-3-6(8)4-5;1-5-2-6(3-5)4-7;1-2/h1-4H;5-6H,2-3H2,1H3;1-2H3. The van der Waals surface area contributed by atoms with E-state index >= 15 is 0 Å². The van der Waals surface area contributed by atoms with Crippen LogP contribution in [0.5, 0.6) is 0 Å². The van der Waals surface area contributed by atoms with Gasteiger partial charge in [0, 0.05) is 12.0 Å². The summed E-state index contributed by atoms with van der Waals surface area (Å²) < 4.78 is 23.9. The lowest BCUT2D eigenvalue weighted by atomic mass is 9.77. The van der Waals surface area contributed by atoms with Crippen LogP contribution in [0.3, 0.4) is 0 Å². The van der Waals surface area contributed by atoms with E-state index in [2.05, 4.69) is 13.0 Å². The molecule has 94 valence electrons. The van der Waals surface area contributed by atoms with Crippen molar-refractivity contribution in [3.8, 4) is 6.07 Å². The summed E-state index contributed by atoms with van der Waals surface area (Å²) in [6, 6.07) is 6.78. The van der Waals surface area contributed by atoms with E-state index < -0.39 is 11.6 Å². The lowest BCUT2D eigenvalue weighted by Crippen LogP contribution is -2.18. The third kappa shape index (κ3) is 6.68. The zero-order valence-electron chi connectivity index (χ0n) is 10.6. The Bertz CT molecular complexity index is 334. The number of rotatable bonds is 0. The van der Waals surface area contributed by atoms with E-state index in [-0.39, 0.29) is 0 Å². The van der Waals surface area contributed by atoms with E-state index in [0.717, 1.165) is 24.8 Å². The van der Waals surface area contributed by atoms with Crippen molar-refractivity contribution in [1.82, 2.24) is 0 Å². The van der Waals surface area contributed by atoms with Gasteiger partial charge >= 0.3 is 0 Å². The molecule has 1 saturated carbocycles. The van der Waals surface area contributed by atoms with E-state index in [9.17, 15) is 8.78 Å². The van der Waals surface area contributed by atoms with Gasteiger partial charge in [-0.3, -0.25) is 0 Å². The third-order valence-corrected chi connectivity index (χ3v) is 2.34. The molecule has 1 aliphatic rings. The van der Waals surface area contributed by atoms with Gasteiger partial charge in [-0.25, -0.2) is 8.78 Å². The second-order valence-electron chi connectivity index (χ2n) is 3.84. The van der Waals surface area contributed by atoms with Gasteiger partial charge in [0.05, 0.1) is 6.07 Å². The van der Waals surface area contributed by atoms with Crippen molar-refractivity contribution in [2.75, 3.05) is 0 Å². The fraction of sp³-hybridized carbons (Fsp3) is 0.500. The Balaban J connectivity index is 0.000000265. The normalized spacial score (nSPS) is 20.7. The van der Waals surface area contributed by atoms with Gasteiger partial charge in [0.15, 0.2) is 0 Å². The highest BCUT2D eigenvalue weighted by atomic mass is 19.1. The Labute approximate surface area is 102 Å². The van der Waals surface area contributed by atoms with Crippen LogP contribution >= 0.6 is 0 Å². The number of hydrogen-bond acceptors (Lipinski definition) is 1. The molecule has 1 fully saturated rings. The topological polar surface area (TPSA) is 23.8 Å². The molecule has 0 bridgehead atoms. The molecule has 17 heavy (non-hydrogen) atoms. The number of nitriles is 1. The molecule has 0 atom stereocenters. The minimum Gasteiger partial charge on any atom is -0.207 e. The Hall–Kier alpha value is -1.43. The van der Waals surface area contributed by atoms with Crippen molar-refractivity contribution in [3.05, 3.63) is 35.9 Å². The summed E-state index contributed by atoms with van der Waals surface area (Å²) in [5, 5.41) is 8.25. The molecule has 0 heterocycles. The molecule has 1 aromatic rings. The van der Waals surface area contributed by atoms with E-state index in [1.165, 1.54) is 18.2 Å². The summed E-state index contributed by atoms with van der Waals surface area (Å²) in [6.45, 7) is 6.19. The molecule has 1 aliphatic carbocycles. The quantitative estimate of drug-likeness (QED) is 0.651. The van der Waals surface area contributed by atoms with Crippen LogP contribution in [0.4, 0.5) is 8.78 Å². The highest BCUT2D eigenvalue weighted by Crippen LogP contribution is 2.31. The summed E-state index contributed by atoms with van der Waals surface area (Å²) >= 11 is 0. The van der Waals surface area contributed by atoms with E-state index in [4.69, 9.17) is 5.26 Å². The van der Waals surface area contributed by atoms with Crippen LogP contribution in [0.2, 0.25) is 0 Å². The van der Waals surface area contributed by atoms with Gasteiger partial charge in [0.1, 0.15) is 11.6 Å². The van der Waals surface area contributed by atoms with Crippen molar-refractivity contribution >= 4 is 0 Å². The summed E-state index contributed by atoms with van der Waals surface area (Å²) in [5.41, 5.74) is 0. The maximum Gasteiger partial charge on any atom is 0.126 e. The van der Waals surface area contributed by atoms with Gasteiger partial charge in [-0.1, -0.05) is 26.8 Å². The Morgan fingerprint density at radius 3 is 1.82 bits per heavy atom. The van der Waals surface area contributed by atoms with Crippen LogP contribution in [0, 0.1) is 34.8 Å². The van der Waals surface area contributed by atoms with Crippen molar-refractivity contribution in [1.29, 1.82) is 5.26 Å². The zero-order chi connectivity index (χ0) is 13.3. The summed E-state index contributed by atoms with van der Waals surface area (Å²) in [6.07, 6.45) is 2.27. The van der Waals surface area contributed by atoms with Crippen LogP contribution in [0.15, 0.2) is 24.3 Å². The first kappa shape index (κ1) is 15.6. The molecule has 0 radical (unpaired) electrons. The summed E-state index contributed by atoms with van der Waals surface area (Å²) in [4.78, 5) is 0. The summed E-state index contributed by atoms with van der Waals surface area (Å²) in [5.74, 6) is 0.148. The van der Waals surface area contributed by atoms with Crippen LogP contribution in [-0.4, -0.2) is 0 Å². The fourth-order valence-electron chi connectivity index (χ4n) is 1.47. The molecule has 0 N–H and O–H groups in total. The maximum atomic E-state index is 11.9. The number of hydrogen-bond donors (Lipinski definition) is 0. The Kier molecular flexibility index (Phi) is 7.96. The first-order valence-corrected chi connectivity index (χ1v) is 5.92. The second kappa shape index (κ2) is 8.69. The monoisotopic (exact) mass is 239 g/mol. The van der Waals surface area contributed by atoms with Crippen LogP contribution in [-0.2, 0) is 0 Å². The average Bonchev–Trinajstić information content (AvgIpc) is 2.28. The van der Waals surface area contributed by atoms with Gasteiger partial charge in [0.2, 0.25) is 0 Å². The minimum atomic E-state index is -0.537. The van der Waals surface area contributed by atoms with Gasteiger partial charge in [-0.15, -0.1) is 0 Å². The van der Waals surface area contributed by atoms with Crippen LogP contribution in [0.1, 0.15) is 33.6 Å². The number of benzene rings is 1. The van der Waals surface area contributed by atoms with Crippen LogP contribution in [0.25, 0.3) is 0 Å². The maximum absolute atomic E-state index is 11.9. The lowest BCUT2D eigenvalue weighted by Gasteiger charge is -2.26.